The molecule has 0 saturated carbocycles. The average molecular weight is 285 g/mol. The molecule has 0 aliphatic heterocycles. The van der Waals surface area contributed by atoms with E-state index < -0.39 is 0 Å². The molecule has 0 fully saturated rings. The first-order chi connectivity index (χ1) is 10.1. The lowest BCUT2D eigenvalue weighted by molar-refractivity contribution is 0.0950. The smallest absolute Gasteiger partial charge is 0.251 e. The summed E-state index contributed by atoms with van der Waals surface area (Å²) in [6.07, 6.45) is 0. The summed E-state index contributed by atoms with van der Waals surface area (Å²) in [6.45, 7) is 2.39. The lowest BCUT2D eigenvalue weighted by Crippen LogP contribution is -2.22. The minimum atomic E-state index is -0.129. The van der Waals surface area contributed by atoms with Gasteiger partial charge in [-0.25, -0.2) is 0 Å². The maximum Gasteiger partial charge on any atom is 0.251 e. The summed E-state index contributed by atoms with van der Waals surface area (Å²) in [4.78, 5) is 12.2. The third-order valence-electron chi connectivity index (χ3n) is 3.26. The summed E-state index contributed by atoms with van der Waals surface area (Å²) in [6, 6.07) is 13.0. The standard InChI is InChI=1S/C17H19NO3/c1-12-7-8-14(10-16(12)21-3)17(19)18-11-13-5-4-6-15(9-13)20-2/h4-10H,11H2,1-3H3,(H,18,19). The van der Waals surface area contributed by atoms with Crippen LogP contribution in [0, 0.1) is 6.92 Å². The molecule has 0 atom stereocenters. The first-order valence-electron chi connectivity index (χ1n) is 6.70. The predicted molar refractivity (Wildman–Crippen MR) is 81.9 cm³/mol. The number of amides is 1. The first kappa shape index (κ1) is 14.9. The van der Waals surface area contributed by atoms with Crippen molar-refractivity contribution in [3.8, 4) is 11.5 Å². The largest absolute Gasteiger partial charge is 0.497 e. The number of carbonyl (C=O) groups excluding carboxylic acids is 1. The highest BCUT2D eigenvalue weighted by Gasteiger charge is 2.08. The molecule has 0 unspecified atom stereocenters. The number of aryl methyl sites for hydroxylation is 1. The van der Waals surface area contributed by atoms with Gasteiger partial charge in [0.1, 0.15) is 11.5 Å². The van der Waals surface area contributed by atoms with E-state index in [-0.39, 0.29) is 5.91 Å². The molecular formula is C17H19NO3. The second-order valence-electron chi connectivity index (χ2n) is 4.72. The highest BCUT2D eigenvalue weighted by atomic mass is 16.5. The fourth-order valence-corrected chi connectivity index (χ4v) is 2.03. The van der Waals surface area contributed by atoms with Crippen LogP contribution in [0.25, 0.3) is 0 Å². The van der Waals surface area contributed by atoms with E-state index >= 15 is 0 Å². The van der Waals surface area contributed by atoms with Gasteiger partial charge in [-0.3, -0.25) is 4.79 Å². The number of benzene rings is 2. The van der Waals surface area contributed by atoms with E-state index in [1.54, 1.807) is 26.4 Å². The molecule has 1 N–H and O–H groups in total. The van der Waals surface area contributed by atoms with Gasteiger partial charge in [0, 0.05) is 12.1 Å². The Morgan fingerprint density at radius 2 is 1.90 bits per heavy atom. The van der Waals surface area contributed by atoms with Crippen molar-refractivity contribution in [2.45, 2.75) is 13.5 Å². The van der Waals surface area contributed by atoms with Gasteiger partial charge in [0.2, 0.25) is 0 Å². The van der Waals surface area contributed by atoms with Crippen LogP contribution in [0.15, 0.2) is 42.5 Å². The van der Waals surface area contributed by atoms with Crippen LogP contribution in [-0.2, 0) is 6.54 Å². The van der Waals surface area contributed by atoms with Gasteiger partial charge in [-0.2, -0.15) is 0 Å². The second-order valence-corrected chi connectivity index (χ2v) is 4.72. The second kappa shape index (κ2) is 6.79. The van der Waals surface area contributed by atoms with Crippen molar-refractivity contribution in [3.63, 3.8) is 0 Å². The molecule has 0 heterocycles. The van der Waals surface area contributed by atoms with Crippen LogP contribution in [-0.4, -0.2) is 20.1 Å². The molecule has 0 aliphatic rings. The molecule has 110 valence electrons. The monoisotopic (exact) mass is 285 g/mol. The van der Waals surface area contributed by atoms with Crippen molar-refractivity contribution in [1.82, 2.24) is 5.32 Å². The quantitative estimate of drug-likeness (QED) is 0.918. The maximum atomic E-state index is 12.2. The molecule has 2 rings (SSSR count). The third kappa shape index (κ3) is 3.75. The third-order valence-corrected chi connectivity index (χ3v) is 3.26. The summed E-state index contributed by atoms with van der Waals surface area (Å²) in [5.74, 6) is 1.36. The van der Waals surface area contributed by atoms with Crippen LogP contribution >= 0.6 is 0 Å². The fourth-order valence-electron chi connectivity index (χ4n) is 2.03. The summed E-state index contributed by atoms with van der Waals surface area (Å²) >= 11 is 0. The van der Waals surface area contributed by atoms with Crippen LogP contribution in [0.1, 0.15) is 21.5 Å². The lowest BCUT2D eigenvalue weighted by atomic mass is 10.1. The molecule has 2 aromatic rings. The Labute approximate surface area is 124 Å². The molecule has 0 bridgehead atoms. The van der Waals surface area contributed by atoms with Crippen LogP contribution < -0.4 is 14.8 Å². The summed E-state index contributed by atoms with van der Waals surface area (Å²) < 4.78 is 10.4. The zero-order chi connectivity index (χ0) is 15.2. The Morgan fingerprint density at radius 3 is 2.62 bits per heavy atom. The summed E-state index contributed by atoms with van der Waals surface area (Å²) in [5.41, 5.74) is 2.57. The Balaban J connectivity index is 2.04. The van der Waals surface area contributed by atoms with E-state index in [4.69, 9.17) is 9.47 Å². The number of rotatable bonds is 5. The van der Waals surface area contributed by atoms with Gasteiger partial charge >= 0.3 is 0 Å². The minimum Gasteiger partial charge on any atom is -0.497 e. The number of carbonyl (C=O) groups is 1. The van der Waals surface area contributed by atoms with Crippen molar-refractivity contribution >= 4 is 5.91 Å². The predicted octanol–water partition coefficient (Wildman–Crippen LogP) is 2.94. The maximum absolute atomic E-state index is 12.2. The van der Waals surface area contributed by atoms with Crippen LogP contribution in [0.3, 0.4) is 0 Å². The summed E-state index contributed by atoms with van der Waals surface area (Å²) in [7, 11) is 3.22. The average Bonchev–Trinajstić information content (AvgIpc) is 2.53. The Kier molecular flexibility index (Phi) is 4.82. The zero-order valence-electron chi connectivity index (χ0n) is 12.5. The van der Waals surface area contributed by atoms with Crippen LogP contribution in [0.2, 0.25) is 0 Å². The van der Waals surface area contributed by atoms with Crippen molar-refractivity contribution < 1.29 is 14.3 Å². The SMILES string of the molecule is COc1cccc(CNC(=O)c2ccc(C)c(OC)c2)c1. The molecule has 2 aromatic carbocycles. The number of ether oxygens (including phenoxy) is 2. The number of hydrogen-bond donors (Lipinski definition) is 1. The first-order valence-corrected chi connectivity index (χ1v) is 6.70. The molecule has 0 radical (unpaired) electrons. The molecule has 4 nitrogen and oxygen atoms in total. The van der Waals surface area contributed by atoms with Crippen LogP contribution in [0.4, 0.5) is 0 Å². The van der Waals surface area contributed by atoms with Gasteiger partial charge in [0.15, 0.2) is 0 Å². The van der Waals surface area contributed by atoms with Gasteiger partial charge in [0.05, 0.1) is 14.2 Å². The molecule has 0 spiro atoms. The van der Waals surface area contributed by atoms with E-state index in [1.807, 2.05) is 37.3 Å². The Morgan fingerprint density at radius 1 is 1.10 bits per heavy atom. The van der Waals surface area contributed by atoms with Crippen molar-refractivity contribution in [2.75, 3.05) is 14.2 Å². The highest BCUT2D eigenvalue weighted by molar-refractivity contribution is 5.94. The molecule has 0 aliphatic carbocycles. The number of hydrogen-bond acceptors (Lipinski definition) is 3. The van der Waals surface area contributed by atoms with Gasteiger partial charge in [0.25, 0.3) is 5.91 Å². The van der Waals surface area contributed by atoms with E-state index in [2.05, 4.69) is 5.32 Å². The molecular weight excluding hydrogens is 266 g/mol. The normalized spacial score (nSPS) is 10.0. The summed E-state index contributed by atoms with van der Waals surface area (Å²) in [5, 5.41) is 2.89. The van der Waals surface area contributed by atoms with Crippen molar-refractivity contribution in [1.29, 1.82) is 0 Å². The van der Waals surface area contributed by atoms with Gasteiger partial charge in [-0.1, -0.05) is 18.2 Å². The lowest BCUT2D eigenvalue weighted by Gasteiger charge is -2.09. The molecule has 4 heteroatoms. The zero-order valence-corrected chi connectivity index (χ0v) is 12.5. The number of nitrogens with one attached hydrogen (secondary N) is 1. The van der Waals surface area contributed by atoms with Gasteiger partial charge in [-0.15, -0.1) is 0 Å². The topological polar surface area (TPSA) is 47.6 Å². The highest BCUT2D eigenvalue weighted by Crippen LogP contribution is 2.19. The van der Waals surface area contributed by atoms with E-state index in [0.717, 1.165) is 16.9 Å². The van der Waals surface area contributed by atoms with E-state index in [0.29, 0.717) is 17.9 Å². The molecule has 1 amide bonds. The minimum absolute atomic E-state index is 0.129. The van der Waals surface area contributed by atoms with Crippen molar-refractivity contribution in [2.24, 2.45) is 0 Å². The van der Waals surface area contributed by atoms with Gasteiger partial charge in [-0.05, 0) is 42.3 Å². The van der Waals surface area contributed by atoms with Crippen molar-refractivity contribution in [3.05, 3.63) is 59.2 Å². The molecule has 21 heavy (non-hydrogen) atoms. The Hall–Kier alpha value is -2.49. The number of methoxy groups -OCH3 is 2. The van der Waals surface area contributed by atoms with E-state index in [1.165, 1.54) is 0 Å². The van der Waals surface area contributed by atoms with Crippen LogP contribution in [0.5, 0.6) is 11.5 Å². The molecule has 0 saturated heterocycles. The van der Waals surface area contributed by atoms with E-state index in [9.17, 15) is 4.79 Å². The van der Waals surface area contributed by atoms with Gasteiger partial charge < -0.3 is 14.8 Å². The fraction of sp³-hybridized carbons (Fsp3) is 0.235. The Bertz CT molecular complexity index is 638. The molecule has 0 aromatic heterocycles.